The molecule has 0 saturated carbocycles. The van der Waals surface area contributed by atoms with Crippen molar-refractivity contribution < 1.29 is 14.3 Å². The molecule has 1 heterocycles. The number of carbonyl (C=O) groups excluding carboxylic acids is 1. The highest BCUT2D eigenvalue weighted by Crippen LogP contribution is 2.48. The average Bonchev–Trinajstić information content (AvgIpc) is 2.86. The summed E-state index contributed by atoms with van der Waals surface area (Å²) in [7, 11) is 0. The quantitative estimate of drug-likeness (QED) is 0.319. The molecule has 0 bridgehead atoms. The number of ether oxygens (including phenoxy) is 2. The van der Waals surface area contributed by atoms with Gasteiger partial charge in [0.1, 0.15) is 24.7 Å². The van der Waals surface area contributed by atoms with Crippen LogP contribution >= 0.6 is 11.8 Å². The fourth-order valence-corrected chi connectivity index (χ4v) is 4.63. The first-order valence-electron chi connectivity index (χ1n) is 10.7. The second-order valence-electron chi connectivity index (χ2n) is 7.34. The van der Waals surface area contributed by atoms with E-state index in [9.17, 15) is 4.79 Å². The second-order valence-corrected chi connectivity index (χ2v) is 8.42. The predicted molar refractivity (Wildman–Crippen MR) is 132 cm³/mol. The Kier molecular flexibility index (Phi) is 6.17. The number of urea groups is 1. The number of nitrogens with zero attached hydrogens (tertiary/aromatic N) is 1. The zero-order valence-electron chi connectivity index (χ0n) is 17.8. The van der Waals surface area contributed by atoms with Gasteiger partial charge in [-0.2, -0.15) is 0 Å². The summed E-state index contributed by atoms with van der Waals surface area (Å²) in [6.07, 6.45) is 0. The molecule has 164 valence electrons. The fourth-order valence-electron chi connectivity index (χ4n) is 3.57. The van der Waals surface area contributed by atoms with Gasteiger partial charge in [0.05, 0.1) is 11.4 Å². The van der Waals surface area contributed by atoms with E-state index in [1.807, 2.05) is 103 Å². The van der Waals surface area contributed by atoms with E-state index in [1.54, 1.807) is 16.7 Å². The second kappa shape index (κ2) is 9.71. The van der Waals surface area contributed by atoms with Crippen LogP contribution in [0, 0.1) is 0 Å². The number of hydrogen-bond acceptors (Lipinski definition) is 4. The number of carbonyl (C=O) groups is 1. The van der Waals surface area contributed by atoms with Gasteiger partial charge in [-0.3, -0.25) is 4.90 Å². The molecule has 1 aliphatic heterocycles. The van der Waals surface area contributed by atoms with Crippen molar-refractivity contribution in [3.05, 3.63) is 103 Å². The molecule has 4 aromatic carbocycles. The van der Waals surface area contributed by atoms with Gasteiger partial charge < -0.3 is 14.8 Å². The number of nitrogens with one attached hydrogen (secondary N) is 1. The van der Waals surface area contributed by atoms with Crippen LogP contribution in [0.25, 0.3) is 0 Å². The van der Waals surface area contributed by atoms with Crippen molar-refractivity contribution in [2.75, 3.05) is 23.4 Å². The standard InChI is InChI=1S/C27H22N2O3S/c30-27(29-23-10-4-6-12-25(23)33-26-13-7-5-11-24(26)29)28-20-14-16-22(17-15-20)32-19-18-31-21-8-2-1-3-9-21/h1-17H,18-19H2,(H,28,30). The Labute approximate surface area is 197 Å². The molecule has 0 atom stereocenters. The van der Waals surface area contributed by atoms with Crippen LogP contribution < -0.4 is 19.7 Å². The lowest BCUT2D eigenvalue weighted by Gasteiger charge is -2.31. The van der Waals surface area contributed by atoms with Gasteiger partial charge in [0.15, 0.2) is 0 Å². The molecule has 0 aromatic heterocycles. The van der Waals surface area contributed by atoms with E-state index in [1.165, 1.54) is 0 Å². The minimum Gasteiger partial charge on any atom is -0.490 e. The molecule has 0 unspecified atom stereocenters. The number of benzene rings is 4. The van der Waals surface area contributed by atoms with E-state index in [-0.39, 0.29) is 6.03 Å². The Morgan fingerprint density at radius 1 is 0.667 bits per heavy atom. The Hall–Kier alpha value is -3.90. The molecule has 5 rings (SSSR count). The normalized spacial score (nSPS) is 11.8. The van der Waals surface area contributed by atoms with E-state index in [0.717, 1.165) is 32.7 Å². The van der Waals surface area contributed by atoms with Gasteiger partial charge in [-0.25, -0.2) is 4.79 Å². The first-order valence-corrected chi connectivity index (χ1v) is 11.5. The van der Waals surface area contributed by atoms with Crippen molar-refractivity contribution >= 4 is 34.9 Å². The third-order valence-electron chi connectivity index (χ3n) is 5.10. The summed E-state index contributed by atoms with van der Waals surface area (Å²) >= 11 is 1.67. The first kappa shape index (κ1) is 21.0. The SMILES string of the molecule is O=C(Nc1ccc(OCCOc2ccccc2)cc1)N1c2ccccc2Sc2ccccc21. The lowest BCUT2D eigenvalue weighted by Crippen LogP contribution is -2.32. The molecule has 4 aromatic rings. The van der Waals surface area contributed by atoms with Crippen LogP contribution in [0.3, 0.4) is 0 Å². The molecule has 33 heavy (non-hydrogen) atoms. The molecule has 5 nitrogen and oxygen atoms in total. The molecular weight excluding hydrogens is 432 g/mol. The summed E-state index contributed by atoms with van der Waals surface area (Å²) in [6, 6.07) is 32.6. The van der Waals surface area contributed by atoms with Gasteiger partial charge in [-0.15, -0.1) is 0 Å². The third kappa shape index (κ3) is 4.81. The number of hydrogen-bond donors (Lipinski definition) is 1. The van der Waals surface area contributed by atoms with E-state index in [4.69, 9.17) is 9.47 Å². The van der Waals surface area contributed by atoms with Crippen molar-refractivity contribution in [2.45, 2.75) is 9.79 Å². The molecule has 0 fully saturated rings. The van der Waals surface area contributed by atoms with E-state index in [2.05, 4.69) is 5.32 Å². The number of fused-ring (bicyclic) bond motifs is 2. The molecule has 6 heteroatoms. The summed E-state index contributed by atoms with van der Waals surface area (Å²) in [4.78, 5) is 17.1. The van der Waals surface area contributed by atoms with Crippen LogP contribution in [0.2, 0.25) is 0 Å². The number of para-hydroxylation sites is 3. The van der Waals surface area contributed by atoms with E-state index < -0.39 is 0 Å². The minimum absolute atomic E-state index is 0.208. The maximum atomic E-state index is 13.3. The van der Waals surface area contributed by atoms with E-state index in [0.29, 0.717) is 18.9 Å². The van der Waals surface area contributed by atoms with Gasteiger partial charge in [0.25, 0.3) is 0 Å². The molecule has 1 aliphatic rings. The maximum Gasteiger partial charge on any atom is 0.331 e. The number of anilines is 3. The van der Waals surface area contributed by atoms with Gasteiger partial charge in [-0.05, 0) is 60.7 Å². The van der Waals surface area contributed by atoms with E-state index >= 15 is 0 Å². The van der Waals surface area contributed by atoms with Crippen LogP contribution in [-0.4, -0.2) is 19.2 Å². The molecule has 0 aliphatic carbocycles. The molecule has 2 amide bonds. The average molecular weight is 455 g/mol. The monoisotopic (exact) mass is 454 g/mol. The molecule has 0 spiro atoms. The predicted octanol–water partition coefficient (Wildman–Crippen LogP) is 6.98. The van der Waals surface area contributed by atoms with Gasteiger partial charge in [-0.1, -0.05) is 54.2 Å². The Morgan fingerprint density at radius 3 is 1.79 bits per heavy atom. The van der Waals surface area contributed by atoms with Crippen molar-refractivity contribution in [3.63, 3.8) is 0 Å². The fraction of sp³-hybridized carbons (Fsp3) is 0.0741. The van der Waals surface area contributed by atoms with Crippen LogP contribution in [0.5, 0.6) is 11.5 Å². The molecule has 0 saturated heterocycles. The van der Waals surface area contributed by atoms with Crippen molar-refractivity contribution in [2.24, 2.45) is 0 Å². The Bertz CT molecular complexity index is 1200. The molecule has 0 radical (unpaired) electrons. The van der Waals surface area contributed by atoms with Crippen molar-refractivity contribution in [1.82, 2.24) is 0 Å². The summed E-state index contributed by atoms with van der Waals surface area (Å²) in [6.45, 7) is 0.883. The lowest BCUT2D eigenvalue weighted by molar-refractivity contribution is 0.217. The summed E-state index contributed by atoms with van der Waals surface area (Å²) < 4.78 is 11.4. The highest BCUT2D eigenvalue weighted by molar-refractivity contribution is 7.99. The van der Waals surface area contributed by atoms with Gasteiger partial charge >= 0.3 is 6.03 Å². The number of amides is 2. The maximum absolute atomic E-state index is 13.3. The number of rotatable bonds is 6. The lowest BCUT2D eigenvalue weighted by atomic mass is 10.2. The topological polar surface area (TPSA) is 50.8 Å². The molecular formula is C27H22N2O3S. The van der Waals surface area contributed by atoms with Crippen LogP contribution in [0.15, 0.2) is 113 Å². The zero-order chi connectivity index (χ0) is 22.5. The van der Waals surface area contributed by atoms with Crippen LogP contribution in [-0.2, 0) is 0 Å². The van der Waals surface area contributed by atoms with Crippen molar-refractivity contribution in [1.29, 1.82) is 0 Å². The van der Waals surface area contributed by atoms with Crippen molar-refractivity contribution in [3.8, 4) is 11.5 Å². The summed E-state index contributed by atoms with van der Waals surface area (Å²) in [5.41, 5.74) is 2.44. The highest BCUT2D eigenvalue weighted by Gasteiger charge is 2.27. The third-order valence-corrected chi connectivity index (χ3v) is 6.24. The zero-order valence-corrected chi connectivity index (χ0v) is 18.6. The Morgan fingerprint density at radius 2 is 1.18 bits per heavy atom. The van der Waals surface area contributed by atoms with Crippen LogP contribution in [0.4, 0.5) is 21.9 Å². The largest absolute Gasteiger partial charge is 0.490 e. The minimum atomic E-state index is -0.208. The smallest absolute Gasteiger partial charge is 0.331 e. The van der Waals surface area contributed by atoms with Gasteiger partial charge in [0, 0.05) is 15.5 Å². The highest BCUT2D eigenvalue weighted by atomic mass is 32.2. The first-order chi connectivity index (χ1) is 16.3. The Balaban J connectivity index is 1.23. The van der Waals surface area contributed by atoms with Crippen LogP contribution in [0.1, 0.15) is 0 Å². The van der Waals surface area contributed by atoms with Gasteiger partial charge in [0.2, 0.25) is 0 Å². The summed E-state index contributed by atoms with van der Waals surface area (Å²) in [5, 5.41) is 3.01. The summed E-state index contributed by atoms with van der Waals surface area (Å²) in [5.74, 6) is 1.54. The molecule has 1 N–H and O–H groups in total.